The zero-order valence-corrected chi connectivity index (χ0v) is 16.6. The van der Waals surface area contributed by atoms with Crippen molar-refractivity contribution in [1.82, 2.24) is 9.88 Å². The minimum absolute atomic E-state index is 0.0849. The maximum absolute atomic E-state index is 12.1. The van der Waals surface area contributed by atoms with Crippen LogP contribution >= 0.6 is 0 Å². The molecule has 0 bridgehead atoms. The standard InChI is InChI=1S/C21H30N2O4/c1-21(2,3)27-20(24)23-11-9-17(10-12-23)18-8-7-16(14-22-18)15-26-19-6-4-5-13-25-19/h7-9,14,19H,4-6,10-13,15H2,1-3H3. The maximum atomic E-state index is 12.1. The first-order valence-electron chi connectivity index (χ1n) is 9.76. The number of carbonyl (C=O) groups excluding carboxylic acids is 1. The lowest BCUT2D eigenvalue weighted by Crippen LogP contribution is -2.39. The Hall–Kier alpha value is -1.92. The quantitative estimate of drug-likeness (QED) is 0.792. The van der Waals surface area contributed by atoms with E-state index in [4.69, 9.17) is 14.2 Å². The molecule has 1 atom stereocenters. The Kier molecular flexibility index (Phi) is 6.50. The molecule has 0 spiro atoms. The number of amides is 1. The molecule has 148 valence electrons. The summed E-state index contributed by atoms with van der Waals surface area (Å²) in [6, 6.07) is 4.07. The summed E-state index contributed by atoms with van der Waals surface area (Å²) in [6.45, 7) is 8.14. The van der Waals surface area contributed by atoms with Gasteiger partial charge in [-0.2, -0.15) is 0 Å². The lowest BCUT2D eigenvalue weighted by atomic mass is 10.0. The van der Waals surface area contributed by atoms with E-state index in [9.17, 15) is 4.79 Å². The number of ether oxygens (including phenoxy) is 3. The van der Waals surface area contributed by atoms with Gasteiger partial charge in [0.05, 0.1) is 12.3 Å². The van der Waals surface area contributed by atoms with Crippen LogP contribution in [0, 0.1) is 0 Å². The van der Waals surface area contributed by atoms with Gasteiger partial charge in [0.25, 0.3) is 0 Å². The van der Waals surface area contributed by atoms with E-state index in [1.165, 1.54) is 0 Å². The molecule has 27 heavy (non-hydrogen) atoms. The smallest absolute Gasteiger partial charge is 0.410 e. The van der Waals surface area contributed by atoms with Crippen molar-refractivity contribution in [2.45, 2.75) is 65.0 Å². The summed E-state index contributed by atoms with van der Waals surface area (Å²) in [5, 5.41) is 0. The van der Waals surface area contributed by atoms with Gasteiger partial charge in [-0.15, -0.1) is 0 Å². The predicted octanol–water partition coefficient (Wildman–Crippen LogP) is 4.15. The Bertz CT molecular complexity index is 658. The van der Waals surface area contributed by atoms with Crippen molar-refractivity contribution >= 4 is 11.7 Å². The second-order valence-electron chi connectivity index (χ2n) is 8.06. The second kappa shape index (κ2) is 8.85. The number of nitrogens with zero attached hydrogens (tertiary/aromatic N) is 2. The van der Waals surface area contributed by atoms with E-state index in [0.717, 1.165) is 49.1 Å². The second-order valence-corrected chi connectivity index (χ2v) is 8.06. The van der Waals surface area contributed by atoms with E-state index < -0.39 is 5.60 Å². The minimum Gasteiger partial charge on any atom is -0.444 e. The van der Waals surface area contributed by atoms with Crippen LogP contribution in [0.5, 0.6) is 0 Å². The van der Waals surface area contributed by atoms with Gasteiger partial charge in [0.2, 0.25) is 0 Å². The molecule has 1 aromatic heterocycles. The molecule has 0 aliphatic carbocycles. The molecule has 1 amide bonds. The van der Waals surface area contributed by atoms with Gasteiger partial charge >= 0.3 is 6.09 Å². The van der Waals surface area contributed by atoms with Gasteiger partial charge in [-0.25, -0.2) is 4.79 Å². The van der Waals surface area contributed by atoms with Crippen LogP contribution in [0.1, 0.15) is 57.7 Å². The van der Waals surface area contributed by atoms with Crippen LogP contribution in [0.25, 0.3) is 5.57 Å². The molecule has 0 N–H and O–H groups in total. The largest absolute Gasteiger partial charge is 0.444 e. The maximum Gasteiger partial charge on any atom is 0.410 e. The number of hydrogen-bond acceptors (Lipinski definition) is 5. The Morgan fingerprint density at radius 3 is 2.78 bits per heavy atom. The molecule has 0 radical (unpaired) electrons. The van der Waals surface area contributed by atoms with Crippen molar-refractivity contribution < 1.29 is 19.0 Å². The van der Waals surface area contributed by atoms with E-state index in [2.05, 4.69) is 11.1 Å². The van der Waals surface area contributed by atoms with Crippen molar-refractivity contribution in [3.8, 4) is 0 Å². The van der Waals surface area contributed by atoms with Crippen molar-refractivity contribution in [2.24, 2.45) is 0 Å². The highest BCUT2D eigenvalue weighted by molar-refractivity contribution is 5.71. The molecule has 1 unspecified atom stereocenters. The summed E-state index contributed by atoms with van der Waals surface area (Å²) in [4.78, 5) is 18.4. The third-order valence-electron chi connectivity index (χ3n) is 4.59. The van der Waals surface area contributed by atoms with Crippen molar-refractivity contribution in [1.29, 1.82) is 0 Å². The number of aromatic nitrogens is 1. The van der Waals surface area contributed by atoms with Crippen molar-refractivity contribution in [3.05, 3.63) is 35.7 Å². The monoisotopic (exact) mass is 374 g/mol. The molecule has 3 heterocycles. The predicted molar refractivity (Wildman–Crippen MR) is 103 cm³/mol. The Morgan fingerprint density at radius 1 is 1.33 bits per heavy atom. The van der Waals surface area contributed by atoms with Gasteiger partial charge in [-0.1, -0.05) is 12.1 Å². The summed E-state index contributed by atoms with van der Waals surface area (Å²) in [5.74, 6) is 0. The van der Waals surface area contributed by atoms with E-state index in [0.29, 0.717) is 19.7 Å². The van der Waals surface area contributed by atoms with Crippen LogP contribution in [-0.2, 0) is 20.8 Å². The first-order valence-corrected chi connectivity index (χ1v) is 9.76. The fraction of sp³-hybridized carbons (Fsp3) is 0.619. The highest BCUT2D eigenvalue weighted by Gasteiger charge is 2.24. The van der Waals surface area contributed by atoms with Crippen LogP contribution in [-0.4, -0.2) is 47.6 Å². The molecule has 0 saturated carbocycles. The first-order chi connectivity index (χ1) is 12.9. The van der Waals surface area contributed by atoms with Gasteiger partial charge in [-0.3, -0.25) is 4.98 Å². The molecule has 6 nitrogen and oxygen atoms in total. The van der Waals surface area contributed by atoms with Crippen LogP contribution < -0.4 is 0 Å². The molecular formula is C21H30N2O4. The molecule has 2 aliphatic rings. The lowest BCUT2D eigenvalue weighted by molar-refractivity contribution is -0.168. The third kappa shape index (κ3) is 6.04. The topological polar surface area (TPSA) is 60.9 Å². The van der Waals surface area contributed by atoms with Gasteiger partial charge in [0, 0.05) is 25.9 Å². The van der Waals surface area contributed by atoms with Gasteiger partial charge in [0.1, 0.15) is 5.60 Å². The molecule has 3 rings (SSSR count). The van der Waals surface area contributed by atoms with E-state index >= 15 is 0 Å². The SMILES string of the molecule is CC(C)(C)OC(=O)N1CC=C(c2ccc(COC3CCCCO3)cn2)CC1. The van der Waals surface area contributed by atoms with E-state index in [1.54, 1.807) is 4.90 Å². The number of hydrogen-bond donors (Lipinski definition) is 0. The number of carbonyl (C=O) groups is 1. The minimum atomic E-state index is -0.469. The molecular weight excluding hydrogens is 344 g/mol. The fourth-order valence-electron chi connectivity index (χ4n) is 3.13. The number of pyridine rings is 1. The third-order valence-corrected chi connectivity index (χ3v) is 4.59. The van der Waals surface area contributed by atoms with Gasteiger partial charge in [-0.05, 0) is 63.7 Å². The van der Waals surface area contributed by atoms with Gasteiger partial charge < -0.3 is 19.1 Å². The normalized spacial score (nSPS) is 20.9. The summed E-state index contributed by atoms with van der Waals surface area (Å²) in [7, 11) is 0. The highest BCUT2D eigenvalue weighted by atomic mass is 16.7. The fourth-order valence-corrected chi connectivity index (χ4v) is 3.13. The lowest BCUT2D eigenvalue weighted by Gasteiger charge is -2.29. The highest BCUT2D eigenvalue weighted by Crippen LogP contribution is 2.23. The summed E-state index contributed by atoms with van der Waals surface area (Å²) >= 11 is 0. The van der Waals surface area contributed by atoms with Crippen LogP contribution in [0.3, 0.4) is 0 Å². The molecule has 0 aromatic carbocycles. The number of rotatable bonds is 4. The van der Waals surface area contributed by atoms with Crippen LogP contribution in [0.4, 0.5) is 4.79 Å². The average Bonchev–Trinajstić information content (AvgIpc) is 2.66. The molecule has 1 saturated heterocycles. The summed E-state index contributed by atoms with van der Waals surface area (Å²) in [6.07, 6.45) is 7.60. The zero-order chi connectivity index (χ0) is 19.3. The molecule has 1 fully saturated rings. The zero-order valence-electron chi connectivity index (χ0n) is 16.6. The van der Waals surface area contributed by atoms with Crippen LogP contribution in [0.2, 0.25) is 0 Å². The molecule has 1 aromatic rings. The Labute approximate surface area is 161 Å². The van der Waals surface area contributed by atoms with Crippen molar-refractivity contribution in [2.75, 3.05) is 19.7 Å². The van der Waals surface area contributed by atoms with E-state index in [-0.39, 0.29) is 12.4 Å². The van der Waals surface area contributed by atoms with Crippen LogP contribution in [0.15, 0.2) is 24.4 Å². The molecule has 6 heteroatoms. The Morgan fingerprint density at radius 2 is 2.19 bits per heavy atom. The Balaban J connectivity index is 1.51. The summed E-state index contributed by atoms with van der Waals surface area (Å²) in [5.41, 5.74) is 2.69. The van der Waals surface area contributed by atoms with Crippen molar-refractivity contribution in [3.63, 3.8) is 0 Å². The van der Waals surface area contributed by atoms with Gasteiger partial charge in [0.15, 0.2) is 6.29 Å². The summed E-state index contributed by atoms with van der Waals surface area (Å²) < 4.78 is 16.8. The van der Waals surface area contributed by atoms with E-state index in [1.807, 2.05) is 39.1 Å². The average molecular weight is 374 g/mol. The first kappa shape index (κ1) is 19.8. The molecule has 2 aliphatic heterocycles.